The summed E-state index contributed by atoms with van der Waals surface area (Å²) in [6.45, 7) is 0.930. The highest BCUT2D eigenvalue weighted by Crippen LogP contribution is 2.45. The molecule has 0 bridgehead atoms. The highest BCUT2D eigenvalue weighted by Gasteiger charge is 2.41. The van der Waals surface area contributed by atoms with Gasteiger partial charge in [-0.2, -0.15) is 4.98 Å². The summed E-state index contributed by atoms with van der Waals surface area (Å²) in [6.07, 6.45) is 2.11. The summed E-state index contributed by atoms with van der Waals surface area (Å²) in [6, 6.07) is 7.76. The van der Waals surface area contributed by atoms with E-state index in [1.54, 1.807) is 0 Å². The molecule has 1 aliphatic carbocycles. The van der Waals surface area contributed by atoms with Crippen molar-refractivity contribution in [2.45, 2.75) is 12.8 Å². The number of hydrogen-bond donors (Lipinski definition) is 4. The van der Waals surface area contributed by atoms with Crippen molar-refractivity contribution in [1.82, 2.24) is 9.97 Å². The molecule has 1 heterocycles. The van der Waals surface area contributed by atoms with Gasteiger partial charge in [-0.1, -0.05) is 12.1 Å². The van der Waals surface area contributed by atoms with Crippen molar-refractivity contribution in [3.8, 4) is 0 Å². The van der Waals surface area contributed by atoms with Crippen LogP contribution in [0.25, 0.3) is 10.9 Å². The van der Waals surface area contributed by atoms with Crippen LogP contribution in [0, 0.1) is 5.41 Å². The first-order valence-electron chi connectivity index (χ1n) is 6.34. The number of para-hydroxylation sites is 1. The Kier molecular flexibility index (Phi) is 2.96. The lowest BCUT2D eigenvalue weighted by atomic mass is 10.1. The summed E-state index contributed by atoms with van der Waals surface area (Å²) in [4.78, 5) is 8.64. The lowest BCUT2D eigenvalue weighted by Crippen LogP contribution is -2.20. The number of aliphatic hydroxyl groups excluding tert-OH is 1. The second-order valence-corrected chi connectivity index (χ2v) is 5.07. The topological polar surface area (TPSA) is 96.1 Å². The van der Waals surface area contributed by atoms with E-state index in [4.69, 9.17) is 5.84 Å². The van der Waals surface area contributed by atoms with Crippen molar-refractivity contribution in [3.63, 3.8) is 0 Å². The Morgan fingerprint density at radius 1 is 1.26 bits per heavy atom. The van der Waals surface area contributed by atoms with Crippen LogP contribution in [0.15, 0.2) is 24.3 Å². The molecule has 6 heteroatoms. The predicted molar refractivity (Wildman–Crippen MR) is 74.6 cm³/mol. The summed E-state index contributed by atoms with van der Waals surface area (Å²) < 4.78 is 0. The molecule has 0 aliphatic heterocycles. The van der Waals surface area contributed by atoms with Crippen LogP contribution >= 0.6 is 0 Å². The van der Waals surface area contributed by atoms with Crippen molar-refractivity contribution in [1.29, 1.82) is 0 Å². The second-order valence-electron chi connectivity index (χ2n) is 5.07. The average Bonchev–Trinajstić information content (AvgIpc) is 3.25. The zero-order valence-corrected chi connectivity index (χ0v) is 10.6. The maximum atomic E-state index is 9.34. The first kappa shape index (κ1) is 12.1. The molecular formula is C13H17N5O. The summed E-state index contributed by atoms with van der Waals surface area (Å²) in [5, 5.41) is 13.6. The number of anilines is 2. The van der Waals surface area contributed by atoms with Gasteiger partial charge in [0.2, 0.25) is 5.95 Å². The maximum absolute atomic E-state index is 9.34. The van der Waals surface area contributed by atoms with Crippen LogP contribution in [0.4, 0.5) is 11.8 Å². The molecule has 0 amide bonds. The predicted octanol–water partition coefficient (Wildman–Crippen LogP) is 1.10. The molecule has 0 atom stereocenters. The minimum Gasteiger partial charge on any atom is -0.396 e. The fourth-order valence-corrected chi connectivity index (χ4v) is 2.11. The molecular weight excluding hydrogens is 242 g/mol. The second kappa shape index (κ2) is 4.64. The maximum Gasteiger partial charge on any atom is 0.239 e. The van der Waals surface area contributed by atoms with Crippen LogP contribution in [0.3, 0.4) is 0 Å². The molecule has 0 radical (unpaired) electrons. The van der Waals surface area contributed by atoms with Crippen molar-refractivity contribution >= 4 is 22.7 Å². The zero-order valence-electron chi connectivity index (χ0n) is 10.6. The van der Waals surface area contributed by atoms with Crippen LogP contribution < -0.4 is 16.6 Å². The molecule has 1 aliphatic rings. The summed E-state index contributed by atoms with van der Waals surface area (Å²) in [7, 11) is 0. The van der Waals surface area contributed by atoms with E-state index >= 15 is 0 Å². The van der Waals surface area contributed by atoms with E-state index in [1.807, 2.05) is 24.3 Å². The Morgan fingerprint density at radius 3 is 2.74 bits per heavy atom. The molecule has 5 N–H and O–H groups in total. The van der Waals surface area contributed by atoms with Crippen LogP contribution in [0.2, 0.25) is 0 Å². The number of rotatable bonds is 5. The summed E-state index contributed by atoms with van der Waals surface area (Å²) in [5.74, 6) is 6.52. The number of aromatic nitrogens is 2. The van der Waals surface area contributed by atoms with E-state index in [9.17, 15) is 5.11 Å². The standard InChI is InChI=1S/C13H17N5O/c14-18-12-16-10-4-2-1-3-9(10)11(17-12)15-7-13(8-19)5-6-13/h1-4,19H,5-8,14H2,(H2,15,16,17,18). The van der Waals surface area contributed by atoms with E-state index in [1.165, 1.54) is 0 Å². The van der Waals surface area contributed by atoms with Gasteiger partial charge in [0.1, 0.15) is 5.82 Å². The quantitative estimate of drug-likeness (QED) is 0.474. The minimum absolute atomic E-state index is 0.0301. The van der Waals surface area contributed by atoms with Crippen LogP contribution in [-0.2, 0) is 0 Å². The van der Waals surface area contributed by atoms with Gasteiger partial charge in [-0.05, 0) is 25.0 Å². The number of hydrogen-bond acceptors (Lipinski definition) is 6. The molecule has 0 saturated heterocycles. The van der Waals surface area contributed by atoms with Gasteiger partial charge in [-0.3, -0.25) is 5.43 Å². The monoisotopic (exact) mass is 259 g/mol. The highest BCUT2D eigenvalue weighted by atomic mass is 16.3. The van der Waals surface area contributed by atoms with Gasteiger partial charge in [0.25, 0.3) is 0 Å². The average molecular weight is 259 g/mol. The number of nitrogens with two attached hydrogens (primary N) is 1. The fraction of sp³-hybridized carbons (Fsp3) is 0.385. The van der Waals surface area contributed by atoms with Gasteiger partial charge >= 0.3 is 0 Å². The molecule has 0 unspecified atom stereocenters. The first-order valence-corrected chi connectivity index (χ1v) is 6.34. The van der Waals surface area contributed by atoms with Crippen LogP contribution in [0.5, 0.6) is 0 Å². The van der Waals surface area contributed by atoms with Gasteiger partial charge in [-0.25, -0.2) is 10.8 Å². The van der Waals surface area contributed by atoms with E-state index in [-0.39, 0.29) is 12.0 Å². The molecule has 1 aromatic carbocycles. The highest BCUT2D eigenvalue weighted by molar-refractivity contribution is 5.90. The number of fused-ring (bicyclic) bond motifs is 1. The van der Waals surface area contributed by atoms with Gasteiger partial charge in [-0.15, -0.1) is 0 Å². The lowest BCUT2D eigenvalue weighted by molar-refractivity contribution is 0.219. The number of nitrogen functional groups attached to an aromatic ring is 1. The molecule has 1 aromatic heterocycles. The zero-order chi connectivity index (χ0) is 13.3. The fourth-order valence-electron chi connectivity index (χ4n) is 2.11. The van der Waals surface area contributed by atoms with E-state index in [0.717, 1.165) is 29.6 Å². The SMILES string of the molecule is NNc1nc(NCC2(CO)CC2)c2ccccc2n1. The number of benzene rings is 1. The van der Waals surface area contributed by atoms with Crippen molar-refractivity contribution in [2.75, 3.05) is 23.9 Å². The number of nitrogens with zero attached hydrogens (tertiary/aromatic N) is 2. The third-order valence-electron chi connectivity index (χ3n) is 3.66. The number of nitrogens with one attached hydrogen (secondary N) is 2. The third kappa shape index (κ3) is 2.32. The van der Waals surface area contributed by atoms with Gasteiger partial charge in [0.05, 0.1) is 12.1 Å². The van der Waals surface area contributed by atoms with Crippen molar-refractivity contribution in [2.24, 2.45) is 11.3 Å². The van der Waals surface area contributed by atoms with Crippen molar-refractivity contribution in [3.05, 3.63) is 24.3 Å². The van der Waals surface area contributed by atoms with Gasteiger partial charge in [0, 0.05) is 17.3 Å². The molecule has 3 rings (SSSR count). The summed E-state index contributed by atoms with van der Waals surface area (Å²) in [5.41, 5.74) is 3.34. The Bertz CT molecular complexity index is 597. The smallest absolute Gasteiger partial charge is 0.239 e. The Morgan fingerprint density at radius 2 is 2.05 bits per heavy atom. The Hall–Kier alpha value is -1.92. The molecule has 1 saturated carbocycles. The van der Waals surface area contributed by atoms with E-state index in [0.29, 0.717) is 12.5 Å². The molecule has 2 aromatic rings. The molecule has 6 nitrogen and oxygen atoms in total. The largest absolute Gasteiger partial charge is 0.396 e. The molecule has 1 fully saturated rings. The van der Waals surface area contributed by atoms with Crippen molar-refractivity contribution < 1.29 is 5.11 Å². The molecule has 19 heavy (non-hydrogen) atoms. The van der Waals surface area contributed by atoms with Gasteiger partial charge < -0.3 is 10.4 Å². The normalized spacial score (nSPS) is 16.3. The van der Waals surface area contributed by atoms with E-state index in [2.05, 4.69) is 20.7 Å². The van der Waals surface area contributed by atoms with Crippen LogP contribution in [-0.4, -0.2) is 28.2 Å². The minimum atomic E-state index is 0.0301. The van der Waals surface area contributed by atoms with E-state index < -0.39 is 0 Å². The summed E-state index contributed by atoms with van der Waals surface area (Å²) >= 11 is 0. The van der Waals surface area contributed by atoms with Gasteiger partial charge in [0.15, 0.2) is 0 Å². The number of aliphatic hydroxyl groups is 1. The third-order valence-corrected chi connectivity index (χ3v) is 3.66. The molecule has 0 spiro atoms. The van der Waals surface area contributed by atoms with Crippen LogP contribution in [0.1, 0.15) is 12.8 Å². The lowest BCUT2D eigenvalue weighted by Gasteiger charge is -2.15. The first-order chi connectivity index (χ1) is 9.26. The molecule has 100 valence electrons. The number of hydrazine groups is 1. The Labute approximate surface area is 111 Å². The Balaban J connectivity index is 1.92.